The predicted octanol–water partition coefficient (Wildman–Crippen LogP) is 4.56. The Morgan fingerprint density at radius 2 is 1.70 bits per heavy atom. The lowest BCUT2D eigenvalue weighted by atomic mass is 9.99. The van der Waals surface area contributed by atoms with Crippen LogP contribution >= 0.6 is 35.6 Å². The Kier molecular flexibility index (Phi) is 5.82. The number of hydrogen-bond donors (Lipinski definition) is 1. The molecule has 126 valence electrons. The van der Waals surface area contributed by atoms with Gasteiger partial charge in [-0.05, 0) is 38.0 Å². The minimum absolute atomic E-state index is 0. The number of ether oxygens (including phenoxy) is 1. The van der Waals surface area contributed by atoms with E-state index in [4.69, 9.17) is 33.3 Å². The highest BCUT2D eigenvalue weighted by Crippen LogP contribution is 2.37. The highest BCUT2D eigenvalue weighted by molar-refractivity contribution is 6.35. The van der Waals surface area contributed by atoms with Gasteiger partial charge in [0.1, 0.15) is 6.10 Å². The zero-order chi connectivity index (χ0) is 15.9. The van der Waals surface area contributed by atoms with Gasteiger partial charge in [0.25, 0.3) is 0 Å². The van der Waals surface area contributed by atoms with Gasteiger partial charge in [0.15, 0.2) is 0 Å². The van der Waals surface area contributed by atoms with E-state index >= 15 is 0 Å². The van der Waals surface area contributed by atoms with E-state index in [1.807, 2.05) is 6.92 Å². The monoisotopic (exact) mass is 376 g/mol. The fourth-order valence-electron chi connectivity index (χ4n) is 3.66. The van der Waals surface area contributed by atoms with Crippen molar-refractivity contribution in [2.24, 2.45) is 0 Å². The largest absolute Gasteiger partial charge is 0.459 e. The molecule has 2 unspecified atom stereocenters. The Hall–Kier alpha value is -0.970. The number of halogens is 3. The number of amidine groups is 1. The van der Waals surface area contributed by atoms with E-state index in [-0.39, 0.29) is 24.5 Å². The van der Waals surface area contributed by atoms with E-state index in [9.17, 15) is 4.79 Å². The Balaban J connectivity index is 0.00000192. The first-order chi connectivity index (χ1) is 10.4. The van der Waals surface area contributed by atoms with Crippen LogP contribution in [-0.4, -0.2) is 34.9 Å². The van der Waals surface area contributed by atoms with E-state index in [0.717, 1.165) is 25.7 Å². The van der Waals surface area contributed by atoms with E-state index in [1.54, 1.807) is 18.2 Å². The Morgan fingerprint density at radius 1 is 1.17 bits per heavy atom. The normalized spacial score (nSPS) is 25.7. The van der Waals surface area contributed by atoms with Gasteiger partial charge in [-0.3, -0.25) is 5.41 Å². The van der Waals surface area contributed by atoms with Crippen molar-refractivity contribution >= 4 is 47.4 Å². The van der Waals surface area contributed by atoms with E-state index in [2.05, 4.69) is 4.90 Å². The molecule has 0 aromatic heterocycles. The van der Waals surface area contributed by atoms with Crippen LogP contribution in [0.2, 0.25) is 10.0 Å². The fourth-order valence-corrected chi connectivity index (χ4v) is 4.19. The molecule has 2 heterocycles. The molecule has 3 rings (SSSR count). The lowest BCUT2D eigenvalue weighted by Gasteiger charge is -2.39. The van der Waals surface area contributed by atoms with Crippen LogP contribution in [0.1, 0.15) is 43.0 Å². The van der Waals surface area contributed by atoms with Gasteiger partial charge in [0.2, 0.25) is 0 Å². The predicted molar refractivity (Wildman–Crippen MR) is 94.2 cm³/mol. The summed E-state index contributed by atoms with van der Waals surface area (Å²) in [7, 11) is 0. The maximum atomic E-state index is 12.3. The van der Waals surface area contributed by atoms with Crippen molar-refractivity contribution in [3.8, 4) is 0 Å². The molecular formula is C16H19Cl3N2O2. The molecule has 7 heteroatoms. The average Bonchev–Trinajstić information content (AvgIpc) is 2.70. The number of fused-ring (bicyclic) bond motifs is 2. The lowest BCUT2D eigenvalue weighted by Crippen LogP contribution is -2.47. The first-order valence-corrected chi connectivity index (χ1v) is 8.20. The summed E-state index contributed by atoms with van der Waals surface area (Å²) in [5.41, 5.74) is 0.385. The molecule has 2 aliphatic rings. The van der Waals surface area contributed by atoms with E-state index in [1.165, 1.54) is 0 Å². The molecule has 0 aliphatic carbocycles. The molecule has 2 bridgehead atoms. The van der Waals surface area contributed by atoms with E-state index in [0.29, 0.717) is 33.5 Å². The van der Waals surface area contributed by atoms with Crippen molar-refractivity contribution in [1.82, 2.24) is 4.90 Å². The molecule has 0 spiro atoms. The van der Waals surface area contributed by atoms with Crippen molar-refractivity contribution in [3.63, 3.8) is 0 Å². The maximum Gasteiger partial charge on any atom is 0.338 e. The summed E-state index contributed by atoms with van der Waals surface area (Å²) < 4.78 is 5.64. The van der Waals surface area contributed by atoms with Gasteiger partial charge in [0, 0.05) is 35.0 Å². The molecule has 2 aliphatic heterocycles. The molecule has 1 aromatic rings. The third kappa shape index (κ3) is 3.93. The average molecular weight is 378 g/mol. The van der Waals surface area contributed by atoms with Crippen molar-refractivity contribution in [2.45, 2.75) is 50.8 Å². The number of nitrogens with one attached hydrogen (secondary N) is 1. The topological polar surface area (TPSA) is 53.4 Å². The van der Waals surface area contributed by atoms with Crippen LogP contribution in [0.5, 0.6) is 0 Å². The molecule has 1 N–H and O–H groups in total. The molecule has 2 atom stereocenters. The second-order valence-corrected chi connectivity index (χ2v) is 6.91. The van der Waals surface area contributed by atoms with Crippen LogP contribution in [0, 0.1) is 5.41 Å². The highest BCUT2D eigenvalue weighted by atomic mass is 35.5. The van der Waals surface area contributed by atoms with Gasteiger partial charge in [-0.15, -0.1) is 12.4 Å². The Labute approximate surface area is 152 Å². The molecule has 4 nitrogen and oxygen atoms in total. The molecule has 2 fully saturated rings. The summed E-state index contributed by atoms with van der Waals surface area (Å²) in [6.45, 7) is 1.83. The summed E-state index contributed by atoms with van der Waals surface area (Å²) in [6.07, 6.45) is 3.61. The molecule has 0 saturated carbocycles. The number of esters is 1. The standard InChI is InChI=1S/C16H18Cl2N2O2.ClH/c1-9(19)20-13-2-3-14(20)8-15(7-13)22-16(21)10-4-11(17)6-12(18)5-10;/h4-6,13-15,19H,2-3,7-8H2,1H3;1H. The molecule has 0 amide bonds. The quantitative estimate of drug-likeness (QED) is 0.467. The van der Waals surface area contributed by atoms with Crippen LogP contribution in [0.15, 0.2) is 18.2 Å². The van der Waals surface area contributed by atoms with Crippen molar-refractivity contribution in [3.05, 3.63) is 33.8 Å². The summed E-state index contributed by atoms with van der Waals surface area (Å²) in [4.78, 5) is 14.4. The first kappa shape index (κ1) is 18.4. The van der Waals surface area contributed by atoms with Crippen LogP contribution in [0.3, 0.4) is 0 Å². The molecule has 0 radical (unpaired) electrons. The molecular weight excluding hydrogens is 359 g/mol. The smallest absolute Gasteiger partial charge is 0.338 e. The zero-order valence-electron chi connectivity index (χ0n) is 12.7. The van der Waals surface area contributed by atoms with Crippen molar-refractivity contribution < 1.29 is 9.53 Å². The van der Waals surface area contributed by atoms with Crippen molar-refractivity contribution in [1.29, 1.82) is 5.41 Å². The molecule has 1 aromatic carbocycles. The van der Waals surface area contributed by atoms with Gasteiger partial charge in [0.05, 0.1) is 11.4 Å². The SMILES string of the molecule is CC(=N)N1C2CCC1CC(OC(=O)c1cc(Cl)cc(Cl)c1)C2.Cl. The summed E-state index contributed by atoms with van der Waals surface area (Å²) >= 11 is 11.8. The third-order valence-corrected chi connectivity index (χ3v) is 4.89. The number of nitrogens with zero attached hydrogens (tertiary/aromatic N) is 1. The fraction of sp³-hybridized carbons (Fsp3) is 0.500. The summed E-state index contributed by atoms with van der Waals surface area (Å²) in [5, 5.41) is 8.72. The second kappa shape index (κ2) is 7.29. The number of hydrogen-bond acceptors (Lipinski definition) is 3. The number of carbonyl (C=O) groups is 1. The first-order valence-electron chi connectivity index (χ1n) is 7.44. The highest BCUT2D eigenvalue weighted by Gasteiger charge is 2.42. The van der Waals surface area contributed by atoms with Gasteiger partial charge < -0.3 is 9.64 Å². The van der Waals surface area contributed by atoms with Gasteiger partial charge in [-0.1, -0.05) is 23.2 Å². The van der Waals surface area contributed by atoms with Crippen LogP contribution in [-0.2, 0) is 4.74 Å². The van der Waals surface area contributed by atoms with Crippen molar-refractivity contribution in [2.75, 3.05) is 0 Å². The zero-order valence-corrected chi connectivity index (χ0v) is 15.0. The minimum atomic E-state index is -0.381. The van der Waals surface area contributed by atoms with Gasteiger partial charge >= 0.3 is 5.97 Å². The lowest BCUT2D eigenvalue weighted by molar-refractivity contribution is 0.00635. The van der Waals surface area contributed by atoms with Crippen LogP contribution in [0.4, 0.5) is 0 Å². The number of rotatable bonds is 2. The third-order valence-electron chi connectivity index (χ3n) is 4.45. The second-order valence-electron chi connectivity index (χ2n) is 6.03. The van der Waals surface area contributed by atoms with E-state index < -0.39 is 0 Å². The van der Waals surface area contributed by atoms with Crippen LogP contribution < -0.4 is 0 Å². The molecule has 2 saturated heterocycles. The molecule has 23 heavy (non-hydrogen) atoms. The summed E-state index contributed by atoms with van der Waals surface area (Å²) in [5.74, 6) is 0.229. The maximum absolute atomic E-state index is 12.3. The number of benzene rings is 1. The number of carbonyl (C=O) groups excluding carboxylic acids is 1. The minimum Gasteiger partial charge on any atom is -0.459 e. The van der Waals surface area contributed by atoms with Gasteiger partial charge in [-0.2, -0.15) is 0 Å². The van der Waals surface area contributed by atoms with Crippen LogP contribution in [0.25, 0.3) is 0 Å². The number of piperidine rings is 1. The Bertz CT molecular complexity index is 589. The van der Waals surface area contributed by atoms with Gasteiger partial charge in [-0.25, -0.2) is 4.79 Å². The summed E-state index contributed by atoms with van der Waals surface area (Å²) in [6, 6.07) is 5.36. The Morgan fingerprint density at radius 3 is 2.17 bits per heavy atom.